The van der Waals surface area contributed by atoms with Crippen LogP contribution in [0.15, 0.2) is 23.1 Å². The zero-order chi connectivity index (χ0) is 17.7. The molecule has 1 aromatic rings. The molecular weight excluding hydrogens is 344 g/mol. The Labute approximate surface area is 140 Å². The third kappa shape index (κ3) is 4.82. The molecule has 2 rings (SSSR count). The molecule has 24 heavy (non-hydrogen) atoms. The van der Waals surface area contributed by atoms with Crippen LogP contribution in [-0.4, -0.2) is 48.3 Å². The highest BCUT2D eigenvalue weighted by Gasteiger charge is 2.27. The first-order chi connectivity index (χ1) is 11.4. The molecule has 1 aliphatic rings. The first-order valence-corrected chi connectivity index (χ1v) is 7.97. The molecule has 1 aromatic carbocycles. The third-order valence-corrected chi connectivity index (χ3v) is 4.15. The molecule has 0 saturated heterocycles. The van der Waals surface area contributed by atoms with Gasteiger partial charge in [-0.2, -0.15) is 0 Å². The molecular formula is C14H15F2N3O4S. The Morgan fingerprint density at radius 3 is 2.79 bits per heavy atom. The minimum Gasteiger partial charge on any atom is -0.481 e. The Morgan fingerprint density at radius 1 is 1.38 bits per heavy atom. The summed E-state index contributed by atoms with van der Waals surface area (Å²) in [4.78, 5) is 35.6. The van der Waals surface area contributed by atoms with E-state index in [-0.39, 0.29) is 18.7 Å². The molecule has 3 N–H and O–H groups in total. The van der Waals surface area contributed by atoms with E-state index in [9.17, 15) is 23.2 Å². The number of alkyl halides is 2. The molecule has 0 radical (unpaired) electrons. The van der Waals surface area contributed by atoms with E-state index in [0.29, 0.717) is 16.3 Å². The molecule has 3 amide bonds. The minimum absolute atomic E-state index is 0.0437. The molecule has 1 heterocycles. The van der Waals surface area contributed by atoms with Gasteiger partial charge in [-0.3, -0.25) is 9.59 Å². The van der Waals surface area contributed by atoms with Gasteiger partial charge in [-0.05, 0) is 18.2 Å². The number of aliphatic carboxylic acids is 1. The Bertz CT molecular complexity index is 657. The summed E-state index contributed by atoms with van der Waals surface area (Å²) in [5, 5.41) is 13.3. The third-order valence-electron chi connectivity index (χ3n) is 3.10. The van der Waals surface area contributed by atoms with Crippen LogP contribution in [0.2, 0.25) is 0 Å². The number of carbonyl (C=O) groups excluding carboxylic acids is 2. The predicted octanol–water partition coefficient (Wildman–Crippen LogP) is 1.99. The SMILES string of the molecule is O=C(O)CCNC(=O)Nc1ccc2c(c1)N(CC(F)F)C(=O)CS2. The summed E-state index contributed by atoms with van der Waals surface area (Å²) >= 11 is 1.24. The molecule has 0 bridgehead atoms. The molecule has 0 fully saturated rings. The van der Waals surface area contributed by atoms with E-state index < -0.39 is 30.9 Å². The maximum atomic E-state index is 12.7. The number of urea groups is 1. The molecule has 0 aliphatic carbocycles. The number of benzene rings is 1. The molecule has 0 atom stereocenters. The van der Waals surface area contributed by atoms with E-state index in [2.05, 4.69) is 10.6 Å². The topological polar surface area (TPSA) is 98.7 Å². The molecule has 0 saturated carbocycles. The monoisotopic (exact) mass is 359 g/mol. The quantitative estimate of drug-likeness (QED) is 0.721. The Morgan fingerprint density at radius 2 is 2.12 bits per heavy atom. The summed E-state index contributed by atoms with van der Waals surface area (Å²) < 4.78 is 25.3. The number of thioether (sulfide) groups is 1. The number of amides is 3. The van der Waals surface area contributed by atoms with Gasteiger partial charge in [-0.15, -0.1) is 11.8 Å². The van der Waals surface area contributed by atoms with Crippen LogP contribution in [0.25, 0.3) is 0 Å². The molecule has 0 aromatic heterocycles. The molecule has 130 valence electrons. The lowest BCUT2D eigenvalue weighted by Gasteiger charge is -2.29. The van der Waals surface area contributed by atoms with Gasteiger partial charge >= 0.3 is 12.0 Å². The fourth-order valence-corrected chi connectivity index (χ4v) is 2.99. The second-order valence-corrected chi connectivity index (χ2v) is 5.91. The van der Waals surface area contributed by atoms with E-state index in [4.69, 9.17) is 5.11 Å². The van der Waals surface area contributed by atoms with Crippen molar-refractivity contribution in [1.82, 2.24) is 5.32 Å². The van der Waals surface area contributed by atoms with Gasteiger partial charge in [0.05, 0.1) is 24.4 Å². The predicted molar refractivity (Wildman–Crippen MR) is 84.8 cm³/mol. The molecule has 1 aliphatic heterocycles. The zero-order valence-electron chi connectivity index (χ0n) is 12.4. The molecule has 10 heteroatoms. The lowest BCUT2D eigenvalue weighted by atomic mass is 10.2. The summed E-state index contributed by atoms with van der Waals surface area (Å²) in [5.74, 6) is -1.37. The lowest BCUT2D eigenvalue weighted by Crippen LogP contribution is -2.39. The van der Waals surface area contributed by atoms with E-state index in [0.717, 1.165) is 4.90 Å². The van der Waals surface area contributed by atoms with Crippen molar-refractivity contribution in [2.24, 2.45) is 0 Å². The summed E-state index contributed by atoms with van der Waals surface area (Å²) in [7, 11) is 0. The van der Waals surface area contributed by atoms with E-state index in [1.54, 1.807) is 12.1 Å². The summed E-state index contributed by atoms with van der Waals surface area (Å²) in [5.41, 5.74) is 0.635. The summed E-state index contributed by atoms with van der Waals surface area (Å²) in [6.45, 7) is -0.751. The van der Waals surface area contributed by atoms with Crippen LogP contribution in [0.3, 0.4) is 0 Å². The first kappa shape index (κ1) is 18.0. The average Bonchev–Trinajstić information content (AvgIpc) is 2.49. The van der Waals surface area contributed by atoms with Crippen LogP contribution in [0.5, 0.6) is 0 Å². The highest BCUT2D eigenvalue weighted by molar-refractivity contribution is 8.00. The Kier molecular flexibility index (Phi) is 5.96. The van der Waals surface area contributed by atoms with Crippen molar-refractivity contribution in [2.45, 2.75) is 17.7 Å². The van der Waals surface area contributed by atoms with Gasteiger partial charge in [0.25, 0.3) is 6.43 Å². The largest absolute Gasteiger partial charge is 0.481 e. The van der Waals surface area contributed by atoms with Gasteiger partial charge in [-0.25, -0.2) is 13.6 Å². The number of hydrogen-bond acceptors (Lipinski definition) is 4. The zero-order valence-corrected chi connectivity index (χ0v) is 13.2. The number of nitrogens with zero attached hydrogens (tertiary/aromatic N) is 1. The van der Waals surface area contributed by atoms with Crippen LogP contribution in [0, 0.1) is 0 Å². The molecule has 0 spiro atoms. The fourth-order valence-electron chi connectivity index (χ4n) is 2.08. The number of carbonyl (C=O) groups is 3. The number of fused-ring (bicyclic) bond motifs is 1. The van der Waals surface area contributed by atoms with Crippen molar-refractivity contribution >= 4 is 41.0 Å². The van der Waals surface area contributed by atoms with Crippen molar-refractivity contribution < 1.29 is 28.3 Å². The van der Waals surface area contributed by atoms with Crippen molar-refractivity contribution in [3.8, 4) is 0 Å². The van der Waals surface area contributed by atoms with Crippen molar-refractivity contribution in [1.29, 1.82) is 0 Å². The number of nitrogens with one attached hydrogen (secondary N) is 2. The normalized spacial score (nSPS) is 13.6. The van der Waals surface area contributed by atoms with Crippen molar-refractivity contribution in [2.75, 3.05) is 29.1 Å². The van der Waals surface area contributed by atoms with Crippen LogP contribution >= 0.6 is 11.8 Å². The van der Waals surface area contributed by atoms with Gasteiger partial charge in [-0.1, -0.05) is 0 Å². The van der Waals surface area contributed by atoms with Crippen LogP contribution in [-0.2, 0) is 9.59 Å². The smallest absolute Gasteiger partial charge is 0.319 e. The van der Waals surface area contributed by atoms with Gasteiger partial charge < -0.3 is 20.6 Å². The highest BCUT2D eigenvalue weighted by atomic mass is 32.2. The lowest BCUT2D eigenvalue weighted by molar-refractivity contribution is -0.136. The van der Waals surface area contributed by atoms with Crippen LogP contribution in [0.4, 0.5) is 25.0 Å². The minimum atomic E-state index is -2.67. The second-order valence-electron chi connectivity index (χ2n) is 4.89. The van der Waals surface area contributed by atoms with E-state index >= 15 is 0 Å². The van der Waals surface area contributed by atoms with Gasteiger partial charge in [0.1, 0.15) is 0 Å². The fraction of sp³-hybridized carbons (Fsp3) is 0.357. The van der Waals surface area contributed by atoms with Crippen molar-refractivity contribution in [3.63, 3.8) is 0 Å². The Hall–Kier alpha value is -2.36. The number of halogens is 2. The maximum Gasteiger partial charge on any atom is 0.319 e. The summed E-state index contributed by atoms with van der Waals surface area (Å²) in [6.07, 6.45) is -2.88. The standard InChI is InChI=1S/C14H15F2N3O4S/c15-11(16)6-19-9-5-8(1-2-10(9)24-7-12(19)20)18-14(23)17-4-3-13(21)22/h1-2,5,11H,3-4,6-7H2,(H,21,22)(H2,17,18,23). The number of rotatable bonds is 6. The second kappa shape index (κ2) is 7.95. The van der Waals surface area contributed by atoms with Gasteiger partial charge in [0.2, 0.25) is 5.91 Å². The number of carboxylic acids is 1. The first-order valence-electron chi connectivity index (χ1n) is 6.99. The molecule has 7 nitrogen and oxygen atoms in total. The van der Waals surface area contributed by atoms with Crippen LogP contribution < -0.4 is 15.5 Å². The maximum absolute atomic E-state index is 12.7. The van der Waals surface area contributed by atoms with Crippen LogP contribution in [0.1, 0.15) is 6.42 Å². The van der Waals surface area contributed by atoms with Gasteiger partial charge in [0, 0.05) is 17.1 Å². The number of carboxylic acid groups (broad SMARTS) is 1. The van der Waals surface area contributed by atoms with Crippen molar-refractivity contribution in [3.05, 3.63) is 18.2 Å². The average molecular weight is 359 g/mol. The number of hydrogen-bond donors (Lipinski definition) is 3. The van der Waals surface area contributed by atoms with E-state index in [1.165, 1.54) is 17.8 Å². The number of anilines is 2. The van der Waals surface area contributed by atoms with Gasteiger partial charge in [0.15, 0.2) is 0 Å². The molecule has 0 unspecified atom stereocenters. The highest BCUT2D eigenvalue weighted by Crippen LogP contribution is 2.37. The van der Waals surface area contributed by atoms with E-state index in [1.807, 2.05) is 0 Å². The Balaban J connectivity index is 2.08. The summed E-state index contributed by atoms with van der Waals surface area (Å²) in [6, 6.07) is 4.04.